The zero-order valence-corrected chi connectivity index (χ0v) is 14.9. The molecular formula is C17H30O6. The third-order valence-electron chi connectivity index (χ3n) is 3.41. The molecule has 1 rings (SSSR count). The lowest BCUT2D eigenvalue weighted by Gasteiger charge is -2.29. The molecule has 1 saturated carbocycles. The molecule has 6 nitrogen and oxygen atoms in total. The average Bonchev–Trinajstić information content (AvgIpc) is 2.35. The lowest BCUT2D eigenvalue weighted by Crippen LogP contribution is -2.33. The predicted molar refractivity (Wildman–Crippen MR) is 85.3 cm³/mol. The van der Waals surface area contributed by atoms with Crippen molar-refractivity contribution in [3.05, 3.63) is 0 Å². The minimum atomic E-state index is -0.678. The van der Waals surface area contributed by atoms with Crippen molar-refractivity contribution >= 4 is 12.3 Å². The van der Waals surface area contributed by atoms with Gasteiger partial charge in [-0.25, -0.2) is 9.59 Å². The zero-order chi connectivity index (χ0) is 17.5. The molecule has 0 radical (unpaired) electrons. The van der Waals surface area contributed by atoms with Crippen LogP contribution in [0.1, 0.15) is 66.7 Å². The largest absolute Gasteiger partial charge is 0.509 e. The van der Waals surface area contributed by atoms with E-state index in [2.05, 4.69) is 13.8 Å². The minimum absolute atomic E-state index is 0.275. The summed E-state index contributed by atoms with van der Waals surface area (Å²) in [6, 6.07) is 0. The fourth-order valence-corrected chi connectivity index (χ4v) is 2.27. The number of rotatable bonds is 5. The normalized spacial score (nSPS) is 21.7. The van der Waals surface area contributed by atoms with E-state index in [4.69, 9.17) is 18.9 Å². The summed E-state index contributed by atoms with van der Waals surface area (Å²) in [5, 5.41) is 0. The van der Waals surface area contributed by atoms with Gasteiger partial charge in [-0.15, -0.1) is 0 Å². The molecule has 0 N–H and O–H groups in total. The third-order valence-corrected chi connectivity index (χ3v) is 3.41. The van der Waals surface area contributed by atoms with E-state index in [9.17, 15) is 9.59 Å². The van der Waals surface area contributed by atoms with E-state index in [1.807, 2.05) is 0 Å². The van der Waals surface area contributed by atoms with Crippen LogP contribution in [-0.4, -0.2) is 36.7 Å². The highest BCUT2D eigenvalue weighted by atomic mass is 16.7. The Bertz CT molecular complexity index is 385. The molecule has 0 bridgehead atoms. The van der Waals surface area contributed by atoms with Crippen molar-refractivity contribution in [1.29, 1.82) is 0 Å². The van der Waals surface area contributed by atoms with Crippen LogP contribution >= 0.6 is 0 Å². The molecule has 0 aliphatic heterocycles. The topological polar surface area (TPSA) is 71.1 Å². The van der Waals surface area contributed by atoms with Crippen molar-refractivity contribution in [3.63, 3.8) is 0 Å². The van der Waals surface area contributed by atoms with E-state index >= 15 is 0 Å². The van der Waals surface area contributed by atoms with E-state index in [1.54, 1.807) is 20.8 Å². The first kappa shape index (κ1) is 19.6. The lowest BCUT2D eigenvalue weighted by molar-refractivity contribution is -0.0549. The zero-order valence-electron chi connectivity index (χ0n) is 14.9. The Labute approximate surface area is 138 Å². The van der Waals surface area contributed by atoms with E-state index in [0.29, 0.717) is 18.9 Å². The summed E-state index contributed by atoms with van der Waals surface area (Å²) in [5.74, 6) is 0.476. The lowest BCUT2D eigenvalue weighted by atomic mass is 9.95. The maximum Gasteiger partial charge on any atom is 0.509 e. The molecule has 1 aliphatic rings. The van der Waals surface area contributed by atoms with E-state index in [1.165, 1.54) is 0 Å². The summed E-state index contributed by atoms with van der Waals surface area (Å²) in [6.45, 7) is 9.85. The number of ether oxygens (including phenoxy) is 4. The number of hydrogen-bond acceptors (Lipinski definition) is 6. The van der Waals surface area contributed by atoms with Gasteiger partial charge in [0.2, 0.25) is 0 Å². The van der Waals surface area contributed by atoms with Gasteiger partial charge < -0.3 is 18.9 Å². The number of carbonyl (C=O) groups is 2. The maximum absolute atomic E-state index is 11.7. The van der Waals surface area contributed by atoms with Crippen LogP contribution in [-0.2, 0) is 18.9 Å². The van der Waals surface area contributed by atoms with Crippen LogP contribution in [0.3, 0.4) is 0 Å². The van der Waals surface area contributed by atoms with Gasteiger partial charge in [0.1, 0.15) is 17.8 Å². The van der Waals surface area contributed by atoms with Gasteiger partial charge in [-0.1, -0.05) is 13.8 Å². The van der Waals surface area contributed by atoms with Gasteiger partial charge in [-0.05, 0) is 52.4 Å². The maximum atomic E-state index is 11.7. The van der Waals surface area contributed by atoms with Crippen LogP contribution in [0.4, 0.5) is 9.59 Å². The fourth-order valence-electron chi connectivity index (χ4n) is 2.27. The molecule has 0 heterocycles. The molecule has 134 valence electrons. The monoisotopic (exact) mass is 330 g/mol. The molecule has 23 heavy (non-hydrogen) atoms. The van der Waals surface area contributed by atoms with Crippen LogP contribution in [0.2, 0.25) is 0 Å². The van der Waals surface area contributed by atoms with Gasteiger partial charge in [-0.2, -0.15) is 0 Å². The van der Waals surface area contributed by atoms with Crippen LogP contribution in [0.25, 0.3) is 0 Å². The van der Waals surface area contributed by atoms with Crippen LogP contribution < -0.4 is 0 Å². The standard InChI is InChI=1S/C17H30O6/c1-12(2)9-10-20-15(18)21-13-7-6-8-14(11-13)22-16(19)23-17(3,4)5/h12-14H,6-11H2,1-5H3. The molecule has 0 spiro atoms. The molecule has 0 aromatic rings. The Morgan fingerprint density at radius 3 is 2.13 bits per heavy atom. The van der Waals surface area contributed by atoms with Crippen molar-refractivity contribution < 1.29 is 28.5 Å². The van der Waals surface area contributed by atoms with Gasteiger partial charge in [0, 0.05) is 6.42 Å². The van der Waals surface area contributed by atoms with Gasteiger partial charge in [-0.3, -0.25) is 0 Å². The molecule has 1 aliphatic carbocycles. The molecule has 6 heteroatoms. The first-order chi connectivity index (χ1) is 10.7. The SMILES string of the molecule is CC(C)CCOC(=O)OC1CCCC(OC(=O)OC(C)(C)C)C1. The van der Waals surface area contributed by atoms with E-state index < -0.39 is 17.9 Å². The van der Waals surface area contributed by atoms with Crippen molar-refractivity contribution in [2.75, 3.05) is 6.61 Å². The molecule has 0 amide bonds. The van der Waals surface area contributed by atoms with Crippen molar-refractivity contribution in [2.24, 2.45) is 5.92 Å². The Balaban J connectivity index is 2.31. The quantitative estimate of drug-likeness (QED) is 0.694. The van der Waals surface area contributed by atoms with Crippen molar-refractivity contribution in [2.45, 2.75) is 84.5 Å². The smallest absolute Gasteiger partial charge is 0.434 e. The van der Waals surface area contributed by atoms with Gasteiger partial charge in [0.15, 0.2) is 0 Å². The molecule has 0 saturated heterocycles. The highest BCUT2D eigenvalue weighted by molar-refractivity contribution is 5.61. The molecule has 0 aromatic carbocycles. The molecule has 2 atom stereocenters. The second kappa shape index (κ2) is 8.99. The average molecular weight is 330 g/mol. The molecule has 2 unspecified atom stereocenters. The Hall–Kier alpha value is -1.46. The Morgan fingerprint density at radius 2 is 1.61 bits per heavy atom. The molecular weight excluding hydrogens is 300 g/mol. The number of carbonyl (C=O) groups excluding carboxylic acids is 2. The van der Waals surface area contributed by atoms with Crippen LogP contribution in [0, 0.1) is 5.92 Å². The summed E-state index contributed by atoms with van der Waals surface area (Å²) in [7, 11) is 0. The minimum Gasteiger partial charge on any atom is -0.434 e. The third kappa shape index (κ3) is 9.31. The summed E-state index contributed by atoms with van der Waals surface area (Å²) in [4.78, 5) is 23.3. The fraction of sp³-hybridized carbons (Fsp3) is 0.882. The second-order valence-corrected chi connectivity index (χ2v) is 7.39. The number of hydrogen-bond donors (Lipinski definition) is 0. The highest BCUT2D eigenvalue weighted by Crippen LogP contribution is 2.25. The Morgan fingerprint density at radius 1 is 1.04 bits per heavy atom. The van der Waals surface area contributed by atoms with E-state index in [-0.39, 0.29) is 12.2 Å². The summed E-state index contributed by atoms with van der Waals surface area (Å²) >= 11 is 0. The van der Waals surface area contributed by atoms with E-state index in [0.717, 1.165) is 25.7 Å². The van der Waals surface area contributed by atoms with Gasteiger partial charge >= 0.3 is 12.3 Å². The Kier molecular flexibility index (Phi) is 7.65. The summed E-state index contributed by atoms with van der Waals surface area (Å²) in [5.41, 5.74) is -0.581. The first-order valence-electron chi connectivity index (χ1n) is 8.38. The van der Waals surface area contributed by atoms with Gasteiger partial charge in [0.25, 0.3) is 0 Å². The van der Waals surface area contributed by atoms with Gasteiger partial charge in [0.05, 0.1) is 6.61 Å². The summed E-state index contributed by atoms with van der Waals surface area (Å²) < 4.78 is 20.8. The molecule has 0 aromatic heterocycles. The first-order valence-corrected chi connectivity index (χ1v) is 8.38. The summed E-state index contributed by atoms with van der Waals surface area (Å²) in [6.07, 6.45) is 1.75. The van der Waals surface area contributed by atoms with Crippen molar-refractivity contribution in [3.8, 4) is 0 Å². The van der Waals surface area contributed by atoms with Crippen molar-refractivity contribution in [1.82, 2.24) is 0 Å². The molecule has 1 fully saturated rings. The second-order valence-electron chi connectivity index (χ2n) is 7.39. The van der Waals surface area contributed by atoms with Crippen LogP contribution in [0.15, 0.2) is 0 Å². The highest BCUT2D eigenvalue weighted by Gasteiger charge is 2.29. The predicted octanol–water partition coefficient (Wildman–Crippen LogP) is 4.45. The van der Waals surface area contributed by atoms with Crippen LogP contribution in [0.5, 0.6) is 0 Å².